The number of nitrogens with two attached hydrogens (primary N) is 1. The molecule has 3 nitrogen and oxygen atoms in total. The summed E-state index contributed by atoms with van der Waals surface area (Å²) in [7, 11) is 0. The number of fused-ring (bicyclic) bond motifs is 1. The lowest BCUT2D eigenvalue weighted by Crippen LogP contribution is -2.25. The van der Waals surface area contributed by atoms with Gasteiger partial charge >= 0.3 is 0 Å². The van der Waals surface area contributed by atoms with Crippen molar-refractivity contribution < 1.29 is 4.42 Å². The maximum atomic E-state index is 6.21. The zero-order valence-corrected chi connectivity index (χ0v) is 10.6. The number of nitrogens with zero attached hydrogens (tertiary/aromatic N) is 1. The third kappa shape index (κ3) is 2.56. The van der Waals surface area contributed by atoms with Crippen molar-refractivity contribution >= 4 is 11.1 Å². The van der Waals surface area contributed by atoms with Gasteiger partial charge in [-0.2, -0.15) is 0 Å². The van der Waals surface area contributed by atoms with Crippen LogP contribution in [0.25, 0.3) is 11.1 Å². The van der Waals surface area contributed by atoms with Gasteiger partial charge in [-0.3, -0.25) is 0 Å². The van der Waals surface area contributed by atoms with E-state index in [9.17, 15) is 0 Å². The van der Waals surface area contributed by atoms with Crippen LogP contribution in [0.5, 0.6) is 0 Å². The van der Waals surface area contributed by atoms with E-state index in [4.69, 9.17) is 10.2 Å². The van der Waals surface area contributed by atoms with Gasteiger partial charge in [-0.1, -0.05) is 37.8 Å². The Morgan fingerprint density at radius 3 is 2.83 bits per heavy atom. The summed E-state index contributed by atoms with van der Waals surface area (Å²) in [6, 6.07) is 8.06. The van der Waals surface area contributed by atoms with E-state index >= 15 is 0 Å². The van der Waals surface area contributed by atoms with Crippen LogP contribution >= 0.6 is 0 Å². The van der Waals surface area contributed by atoms with Crippen LogP contribution in [0.15, 0.2) is 28.7 Å². The molecule has 1 aliphatic rings. The first-order chi connectivity index (χ1) is 8.81. The average molecular weight is 244 g/mol. The fourth-order valence-corrected chi connectivity index (χ4v) is 2.99. The van der Waals surface area contributed by atoms with Gasteiger partial charge in [0.05, 0.1) is 0 Å². The second-order valence-electron chi connectivity index (χ2n) is 5.43. The summed E-state index contributed by atoms with van der Waals surface area (Å²) >= 11 is 0. The SMILES string of the molecule is NC(Cc1nc2ccccc2o1)CC1CCCC1. The van der Waals surface area contributed by atoms with Crippen LogP contribution in [0, 0.1) is 5.92 Å². The van der Waals surface area contributed by atoms with Crippen LogP contribution in [0.4, 0.5) is 0 Å². The Kier molecular flexibility index (Phi) is 3.33. The topological polar surface area (TPSA) is 52.0 Å². The Labute approximate surface area is 107 Å². The van der Waals surface area contributed by atoms with Crippen molar-refractivity contribution in [1.29, 1.82) is 0 Å². The standard InChI is InChI=1S/C15H20N2O/c16-12(9-11-5-1-2-6-11)10-15-17-13-7-3-4-8-14(13)18-15/h3-4,7-8,11-12H,1-2,5-6,9-10,16H2. The molecule has 1 fully saturated rings. The largest absolute Gasteiger partial charge is 0.441 e. The third-order valence-electron chi connectivity index (χ3n) is 3.89. The quantitative estimate of drug-likeness (QED) is 0.898. The van der Waals surface area contributed by atoms with Gasteiger partial charge in [-0.05, 0) is 24.5 Å². The van der Waals surface area contributed by atoms with Crippen LogP contribution in [-0.4, -0.2) is 11.0 Å². The van der Waals surface area contributed by atoms with Gasteiger partial charge in [0.2, 0.25) is 0 Å². The van der Waals surface area contributed by atoms with Crippen LogP contribution in [0.3, 0.4) is 0 Å². The lowest BCUT2D eigenvalue weighted by Gasteiger charge is -2.14. The lowest BCUT2D eigenvalue weighted by atomic mass is 9.97. The van der Waals surface area contributed by atoms with Gasteiger partial charge < -0.3 is 10.2 Å². The molecule has 0 bridgehead atoms. The first kappa shape index (κ1) is 11.7. The molecule has 0 saturated heterocycles. The van der Waals surface area contributed by atoms with Gasteiger partial charge in [0, 0.05) is 12.5 Å². The predicted molar refractivity (Wildman–Crippen MR) is 72.3 cm³/mol. The first-order valence-electron chi connectivity index (χ1n) is 6.91. The minimum atomic E-state index is 0.182. The number of para-hydroxylation sites is 2. The highest BCUT2D eigenvalue weighted by Gasteiger charge is 2.19. The molecule has 1 aliphatic carbocycles. The van der Waals surface area contributed by atoms with E-state index in [1.54, 1.807) is 0 Å². The molecule has 1 atom stereocenters. The summed E-state index contributed by atoms with van der Waals surface area (Å²) in [5.41, 5.74) is 8.00. The number of aromatic nitrogens is 1. The third-order valence-corrected chi connectivity index (χ3v) is 3.89. The molecule has 3 heteroatoms. The van der Waals surface area contributed by atoms with Crippen molar-refractivity contribution in [3.8, 4) is 0 Å². The predicted octanol–water partition coefficient (Wildman–Crippen LogP) is 3.28. The molecule has 1 unspecified atom stereocenters. The van der Waals surface area contributed by atoms with Gasteiger partial charge in [0.1, 0.15) is 5.52 Å². The fraction of sp³-hybridized carbons (Fsp3) is 0.533. The van der Waals surface area contributed by atoms with Crippen LogP contribution < -0.4 is 5.73 Å². The number of oxazole rings is 1. The highest BCUT2D eigenvalue weighted by Crippen LogP contribution is 2.29. The van der Waals surface area contributed by atoms with Gasteiger partial charge in [-0.25, -0.2) is 4.98 Å². The number of rotatable bonds is 4. The van der Waals surface area contributed by atoms with Crippen LogP contribution in [0.1, 0.15) is 38.0 Å². The Balaban J connectivity index is 1.64. The Morgan fingerprint density at radius 2 is 2.06 bits per heavy atom. The molecule has 0 amide bonds. The van der Waals surface area contributed by atoms with E-state index in [2.05, 4.69) is 4.98 Å². The van der Waals surface area contributed by atoms with Gasteiger partial charge in [-0.15, -0.1) is 0 Å². The van der Waals surface area contributed by atoms with Crippen molar-refractivity contribution in [1.82, 2.24) is 4.98 Å². The monoisotopic (exact) mass is 244 g/mol. The Morgan fingerprint density at radius 1 is 1.28 bits per heavy atom. The highest BCUT2D eigenvalue weighted by atomic mass is 16.3. The molecule has 18 heavy (non-hydrogen) atoms. The summed E-state index contributed by atoms with van der Waals surface area (Å²) in [6.07, 6.45) is 7.31. The molecule has 1 aromatic heterocycles. The molecular weight excluding hydrogens is 224 g/mol. The normalized spacial score (nSPS) is 18.5. The van der Waals surface area contributed by atoms with Gasteiger partial charge in [0.15, 0.2) is 11.5 Å². The molecule has 0 radical (unpaired) electrons. The molecule has 96 valence electrons. The summed E-state index contributed by atoms with van der Waals surface area (Å²) in [6.45, 7) is 0. The molecule has 2 aromatic rings. The molecule has 1 heterocycles. The lowest BCUT2D eigenvalue weighted by molar-refractivity contribution is 0.413. The summed E-state index contributed by atoms with van der Waals surface area (Å²) < 4.78 is 5.71. The maximum Gasteiger partial charge on any atom is 0.197 e. The minimum Gasteiger partial charge on any atom is -0.441 e. The minimum absolute atomic E-state index is 0.182. The zero-order chi connectivity index (χ0) is 12.4. The molecular formula is C15H20N2O. The van der Waals surface area contributed by atoms with E-state index in [1.807, 2.05) is 24.3 Å². The number of hydrogen-bond acceptors (Lipinski definition) is 3. The zero-order valence-electron chi connectivity index (χ0n) is 10.6. The second-order valence-corrected chi connectivity index (χ2v) is 5.43. The second kappa shape index (κ2) is 5.11. The molecule has 1 aromatic carbocycles. The first-order valence-corrected chi connectivity index (χ1v) is 6.91. The van der Waals surface area contributed by atoms with E-state index in [0.717, 1.165) is 35.7 Å². The summed E-state index contributed by atoms with van der Waals surface area (Å²) in [5.74, 6) is 1.60. The Bertz CT molecular complexity index is 481. The molecule has 1 saturated carbocycles. The molecule has 0 aliphatic heterocycles. The highest BCUT2D eigenvalue weighted by molar-refractivity contribution is 5.72. The van der Waals surface area contributed by atoms with Crippen molar-refractivity contribution in [2.75, 3.05) is 0 Å². The number of hydrogen-bond donors (Lipinski definition) is 1. The summed E-state index contributed by atoms with van der Waals surface area (Å²) in [5, 5.41) is 0. The smallest absolute Gasteiger partial charge is 0.197 e. The maximum absolute atomic E-state index is 6.21. The van der Waals surface area contributed by atoms with E-state index in [-0.39, 0.29) is 6.04 Å². The van der Waals surface area contributed by atoms with Crippen molar-refractivity contribution in [3.63, 3.8) is 0 Å². The van der Waals surface area contributed by atoms with E-state index < -0.39 is 0 Å². The molecule has 0 spiro atoms. The van der Waals surface area contributed by atoms with Crippen LogP contribution in [0.2, 0.25) is 0 Å². The summed E-state index contributed by atoms with van der Waals surface area (Å²) in [4.78, 5) is 4.48. The van der Waals surface area contributed by atoms with Crippen molar-refractivity contribution in [3.05, 3.63) is 30.2 Å². The average Bonchev–Trinajstić information content (AvgIpc) is 2.96. The Hall–Kier alpha value is -1.35. The molecule has 3 rings (SSSR count). The van der Waals surface area contributed by atoms with Crippen molar-refractivity contribution in [2.24, 2.45) is 11.7 Å². The molecule has 2 N–H and O–H groups in total. The van der Waals surface area contributed by atoms with E-state index in [0.29, 0.717) is 0 Å². The number of benzene rings is 1. The van der Waals surface area contributed by atoms with Crippen LogP contribution in [-0.2, 0) is 6.42 Å². The van der Waals surface area contributed by atoms with Crippen molar-refractivity contribution in [2.45, 2.75) is 44.6 Å². The fourth-order valence-electron chi connectivity index (χ4n) is 2.99. The van der Waals surface area contributed by atoms with Gasteiger partial charge in [0.25, 0.3) is 0 Å². The van der Waals surface area contributed by atoms with E-state index in [1.165, 1.54) is 25.7 Å².